The molecule has 1 heterocycles. The van der Waals surface area contributed by atoms with E-state index in [1.54, 1.807) is 11.3 Å². The van der Waals surface area contributed by atoms with Crippen molar-refractivity contribution in [2.75, 3.05) is 0 Å². The number of halogens is 1. The van der Waals surface area contributed by atoms with Gasteiger partial charge in [0.25, 0.3) is 0 Å². The van der Waals surface area contributed by atoms with Gasteiger partial charge < -0.3 is 10.8 Å². The zero-order chi connectivity index (χ0) is 12.3. The molecule has 90 valence electrons. The number of hydrogen-bond donors (Lipinski definition) is 2. The van der Waals surface area contributed by atoms with Crippen LogP contribution in [0, 0.1) is 5.41 Å². The third-order valence-electron chi connectivity index (χ3n) is 2.36. The summed E-state index contributed by atoms with van der Waals surface area (Å²) in [6.07, 6.45) is 0.819. The normalized spacial score (nSPS) is 13.8. The van der Waals surface area contributed by atoms with E-state index in [0.717, 1.165) is 8.66 Å². The molecule has 0 bridgehead atoms. The molecule has 5 heteroatoms. The summed E-state index contributed by atoms with van der Waals surface area (Å²) in [7, 11) is 0. The van der Waals surface area contributed by atoms with Crippen molar-refractivity contribution in [2.24, 2.45) is 11.1 Å². The molecule has 0 aliphatic carbocycles. The Hall–Kier alpha value is -0.390. The SMILES string of the molecule is CC(C)(CC(=O)O)CC(N)c1ccc(Br)s1. The van der Waals surface area contributed by atoms with Crippen molar-refractivity contribution in [1.82, 2.24) is 0 Å². The summed E-state index contributed by atoms with van der Waals surface area (Å²) >= 11 is 4.99. The minimum absolute atomic E-state index is 0.0920. The molecule has 1 unspecified atom stereocenters. The van der Waals surface area contributed by atoms with Crippen molar-refractivity contribution in [3.63, 3.8) is 0 Å². The van der Waals surface area contributed by atoms with Crippen molar-refractivity contribution in [3.8, 4) is 0 Å². The molecule has 3 nitrogen and oxygen atoms in total. The first-order valence-electron chi connectivity index (χ1n) is 5.03. The molecule has 0 aliphatic rings. The van der Waals surface area contributed by atoms with E-state index in [4.69, 9.17) is 10.8 Å². The molecule has 0 aromatic carbocycles. The van der Waals surface area contributed by atoms with Gasteiger partial charge in [-0.15, -0.1) is 11.3 Å². The van der Waals surface area contributed by atoms with E-state index in [9.17, 15) is 4.79 Å². The summed E-state index contributed by atoms with van der Waals surface area (Å²) in [5.41, 5.74) is 5.79. The van der Waals surface area contributed by atoms with Gasteiger partial charge in [0.15, 0.2) is 0 Å². The van der Waals surface area contributed by atoms with E-state index in [0.29, 0.717) is 6.42 Å². The summed E-state index contributed by atoms with van der Waals surface area (Å²) in [5, 5.41) is 8.79. The van der Waals surface area contributed by atoms with E-state index in [-0.39, 0.29) is 17.9 Å². The van der Waals surface area contributed by atoms with Crippen LogP contribution in [0.15, 0.2) is 15.9 Å². The fraction of sp³-hybridized carbons (Fsp3) is 0.545. The number of rotatable bonds is 5. The minimum Gasteiger partial charge on any atom is -0.481 e. The van der Waals surface area contributed by atoms with Gasteiger partial charge in [-0.25, -0.2) is 0 Å². The first kappa shape index (κ1) is 13.7. The van der Waals surface area contributed by atoms with E-state index < -0.39 is 5.97 Å². The molecule has 0 fully saturated rings. The highest BCUT2D eigenvalue weighted by Crippen LogP contribution is 2.35. The number of carboxylic acids is 1. The molecular weight excluding hydrogens is 290 g/mol. The third kappa shape index (κ3) is 4.23. The first-order chi connectivity index (χ1) is 7.30. The predicted octanol–water partition coefficient (Wildman–Crippen LogP) is 3.40. The van der Waals surface area contributed by atoms with Crippen LogP contribution in [0.5, 0.6) is 0 Å². The number of aliphatic carboxylic acids is 1. The average Bonchev–Trinajstić information content (AvgIpc) is 2.47. The van der Waals surface area contributed by atoms with E-state index in [1.165, 1.54) is 0 Å². The smallest absolute Gasteiger partial charge is 0.303 e. The van der Waals surface area contributed by atoms with Crippen molar-refractivity contribution in [1.29, 1.82) is 0 Å². The van der Waals surface area contributed by atoms with Gasteiger partial charge in [-0.3, -0.25) is 4.79 Å². The molecule has 1 atom stereocenters. The topological polar surface area (TPSA) is 63.3 Å². The second-order valence-corrected chi connectivity index (χ2v) is 7.18. The summed E-state index contributed by atoms with van der Waals surface area (Å²) < 4.78 is 1.05. The van der Waals surface area contributed by atoms with Crippen LogP contribution in [0.3, 0.4) is 0 Å². The number of hydrogen-bond acceptors (Lipinski definition) is 3. The van der Waals surface area contributed by atoms with Gasteiger partial charge in [-0.2, -0.15) is 0 Å². The maximum absolute atomic E-state index is 10.7. The lowest BCUT2D eigenvalue weighted by molar-refractivity contribution is -0.139. The number of thiophene rings is 1. The third-order valence-corrected chi connectivity index (χ3v) is 4.12. The standard InChI is InChI=1S/C11H16BrNO2S/c1-11(2,6-10(14)15)5-7(13)8-3-4-9(12)16-8/h3-4,7H,5-6,13H2,1-2H3,(H,14,15). The molecule has 1 aromatic heterocycles. The molecule has 1 aromatic rings. The Kier molecular flexibility index (Phi) is 4.52. The van der Waals surface area contributed by atoms with E-state index >= 15 is 0 Å². The van der Waals surface area contributed by atoms with Crippen molar-refractivity contribution in [2.45, 2.75) is 32.7 Å². The lowest BCUT2D eigenvalue weighted by Crippen LogP contribution is -2.23. The van der Waals surface area contributed by atoms with E-state index in [2.05, 4.69) is 15.9 Å². The van der Waals surface area contributed by atoms with E-state index in [1.807, 2.05) is 26.0 Å². The van der Waals surface area contributed by atoms with Gasteiger partial charge in [0.05, 0.1) is 10.2 Å². The molecule has 0 amide bonds. The predicted molar refractivity (Wildman–Crippen MR) is 69.6 cm³/mol. The van der Waals surface area contributed by atoms with Gasteiger partial charge in [-0.05, 0) is 39.9 Å². The Morgan fingerprint density at radius 1 is 1.62 bits per heavy atom. The highest BCUT2D eigenvalue weighted by Gasteiger charge is 2.25. The van der Waals surface area contributed by atoms with Crippen LogP contribution in [0.25, 0.3) is 0 Å². The van der Waals surface area contributed by atoms with Gasteiger partial charge in [-0.1, -0.05) is 13.8 Å². The second-order valence-electron chi connectivity index (χ2n) is 4.69. The summed E-state index contributed by atoms with van der Waals surface area (Å²) in [4.78, 5) is 11.8. The van der Waals surface area contributed by atoms with Crippen molar-refractivity contribution >= 4 is 33.2 Å². The molecule has 16 heavy (non-hydrogen) atoms. The fourth-order valence-electron chi connectivity index (χ4n) is 1.71. The quantitative estimate of drug-likeness (QED) is 0.876. The monoisotopic (exact) mass is 305 g/mol. The summed E-state index contributed by atoms with van der Waals surface area (Å²) in [5.74, 6) is -0.774. The second kappa shape index (κ2) is 5.29. The zero-order valence-electron chi connectivity index (χ0n) is 9.37. The van der Waals surface area contributed by atoms with Gasteiger partial charge in [0, 0.05) is 10.9 Å². The first-order valence-corrected chi connectivity index (χ1v) is 6.64. The summed E-state index contributed by atoms with van der Waals surface area (Å²) in [6, 6.07) is 3.85. The van der Waals surface area contributed by atoms with Crippen LogP contribution in [0.2, 0.25) is 0 Å². The van der Waals surface area contributed by atoms with Crippen LogP contribution in [-0.2, 0) is 4.79 Å². The van der Waals surface area contributed by atoms with Crippen LogP contribution in [0.1, 0.15) is 37.6 Å². The van der Waals surface area contributed by atoms with Crippen molar-refractivity contribution < 1.29 is 9.90 Å². The summed E-state index contributed by atoms with van der Waals surface area (Å²) in [6.45, 7) is 3.87. The Balaban J connectivity index is 2.63. The molecular formula is C11H16BrNO2S. The molecule has 0 spiro atoms. The maximum Gasteiger partial charge on any atom is 0.303 e. The Bertz CT molecular complexity index is 376. The molecule has 1 rings (SSSR count). The largest absolute Gasteiger partial charge is 0.481 e. The van der Waals surface area contributed by atoms with Crippen molar-refractivity contribution in [3.05, 3.63) is 20.8 Å². The van der Waals surface area contributed by atoms with Crippen LogP contribution in [0.4, 0.5) is 0 Å². The number of carbonyl (C=O) groups is 1. The number of nitrogens with two attached hydrogens (primary N) is 1. The molecule has 0 radical (unpaired) electrons. The minimum atomic E-state index is -0.774. The highest BCUT2D eigenvalue weighted by molar-refractivity contribution is 9.11. The molecule has 0 aliphatic heterocycles. The zero-order valence-corrected chi connectivity index (χ0v) is 11.8. The fourth-order valence-corrected chi connectivity index (χ4v) is 3.13. The van der Waals surface area contributed by atoms with Gasteiger partial charge >= 0.3 is 5.97 Å². The van der Waals surface area contributed by atoms with Crippen LogP contribution in [-0.4, -0.2) is 11.1 Å². The molecule has 0 saturated heterocycles. The average molecular weight is 306 g/mol. The Morgan fingerprint density at radius 2 is 2.25 bits per heavy atom. The Morgan fingerprint density at radius 3 is 2.69 bits per heavy atom. The maximum atomic E-state index is 10.7. The molecule has 3 N–H and O–H groups in total. The highest BCUT2D eigenvalue weighted by atomic mass is 79.9. The lowest BCUT2D eigenvalue weighted by atomic mass is 9.82. The number of carboxylic acid groups (broad SMARTS) is 1. The van der Waals surface area contributed by atoms with Gasteiger partial charge in [0.1, 0.15) is 0 Å². The lowest BCUT2D eigenvalue weighted by Gasteiger charge is -2.25. The van der Waals surface area contributed by atoms with Crippen LogP contribution < -0.4 is 5.73 Å². The Labute approximate surface area is 108 Å². The molecule has 0 saturated carbocycles. The van der Waals surface area contributed by atoms with Crippen LogP contribution >= 0.6 is 27.3 Å². The van der Waals surface area contributed by atoms with Gasteiger partial charge in [0.2, 0.25) is 0 Å².